The van der Waals surface area contributed by atoms with E-state index in [4.69, 9.17) is 29.6 Å². The first-order chi connectivity index (χ1) is 23.1. The van der Waals surface area contributed by atoms with Crippen LogP contribution >= 0.6 is 0 Å². The molecule has 1 aliphatic carbocycles. The zero-order valence-corrected chi connectivity index (χ0v) is 29.6. The molecule has 3 aromatic heterocycles. The van der Waals surface area contributed by atoms with Crippen LogP contribution in [0.2, 0.25) is 18.1 Å². The number of rotatable bonds is 11. The Labute approximate surface area is 284 Å². The summed E-state index contributed by atoms with van der Waals surface area (Å²) in [6, 6.07) is 23.1. The molecule has 9 nitrogen and oxygen atoms in total. The number of nitrogen functional groups attached to an aromatic ring is 1. The number of nitrogens with zero attached hydrogens (tertiary/aromatic N) is 4. The number of hydrogen-bond donors (Lipinski definition) is 2. The molecule has 2 aliphatic rings. The maximum absolute atomic E-state index is 6.80. The van der Waals surface area contributed by atoms with E-state index in [1.165, 1.54) is 24.0 Å². The minimum atomic E-state index is -2.05. The van der Waals surface area contributed by atoms with Crippen LogP contribution in [0.1, 0.15) is 68.2 Å². The fraction of sp³-hybridized carbons (Fsp3) is 0.395. The minimum Gasteiger partial charge on any atom is -0.543 e. The first kappa shape index (κ1) is 32.5. The Balaban J connectivity index is 1.06. The number of aromatic nitrogens is 4. The molecule has 1 aliphatic heterocycles. The lowest BCUT2D eigenvalue weighted by Gasteiger charge is -2.37. The molecular weight excluding hydrogens is 617 g/mol. The van der Waals surface area contributed by atoms with E-state index in [9.17, 15) is 0 Å². The molecule has 0 spiro atoms. The molecule has 4 heterocycles. The average Bonchev–Trinajstić information content (AvgIpc) is 3.63. The van der Waals surface area contributed by atoms with Crippen molar-refractivity contribution in [3.8, 4) is 22.8 Å². The van der Waals surface area contributed by atoms with Gasteiger partial charge in [0.1, 0.15) is 17.1 Å². The highest BCUT2D eigenvalue weighted by Gasteiger charge is 2.40. The minimum absolute atomic E-state index is 0.0868. The molecule has 10 heteroatoms. The van der Waals surface area contributed by atoms with Crippen molar-refractivity contribution in [1.29, 1.82) is 0 Å². The summed E-state index contributed by atoms with van der Waals surface area (Å²) in [6.07, 6.45) is 4.60. The lowest BCUT2D eigenvalue weighted by atomic mass is 10.1. The fourth-order valence-electron chi connectivity index (χ4n) is 5.82. The summed E-state index contributed by atoms with van der Waals surface area (Å²) in [6.45, 7) is 14.1. The largest absolute Gasteiger partial charge is 0.543 e. The van der Waals surface area contributed by atoms with Crippen molar-refractivity contribution in [2.24, 2.45) is 0 Å². The Morgan fingerprint density at radius 1 is 0.958 bits per heavy atom. The van der Waals surface area contributed by atoms with Crippen molar-refractivity contribution >= 4 is 25.3 Å². The number of ether oxygens (including phenoxy) is 2. The van der Waals surface area contributed by atoms with Gasteiger partial charge in [-0.25, -0.2) is 15.0 Å². The molecule has 5 aromatic rings. The van der Waals surface area contributed by atoms with E-state index in [1.54, 1.807) is 6.20 Å². The van der Waals surface area contributed by atoms with Gasteiger partial charge in [0.05, 0.1) is 18.8 Å². The Hall–Kier alpha value is -4.09. The molecule has 7 rings (SSSR count). The number of fused-ring (bicyclic) bond motifs is 1. The predicted molar refractivity (Wildman–Crippen MR) is 193 cm³/mol. The van der Waals surface area contributed by atoms with Gasteiger partial charge in [-0.05, 0) is 104 Å². The Kier molecular flexibility index (Phi) is 8.84. The maximum atomic E-state index is 6.80. The molecule has 0 radical (unpaired) electrons. The lowest BCUT2D eigenvalue weighted by molar-refractivity contribution is -0.0450. The summed E-state index contributed by atoms with van der Waals surface area (Å²) in [5.41, 5.74) is 14.3. The highest BCUT2D eigenvalue weighted by atomic mass is 28.4. The Bertz CT molecular complexity index is 1910. The summed E-state index contributed by atoms with van der Waals surface area (Å²) < 4.78 is 20.6. The second-order valence-corrected chi connectivity index (χ2v) is 19.2. The van der Waals surface area contributed by atoms with Crippen LogP contribution < -0.4 is 15.5 Å². The van der Waals surface area contributed by atoms with E-state index in [2.05, 4.69) is 103 Å². The molecule has 0 amide bonds. The fourth-order valence-corrected chi connectivity index (χ4v) is 6.85. The molecular formula is C38H46N6O3Si. The van der Waals surface area contributed by atoms with Gasteiger partial charge in [-0.2, -0.15) is 0 Å². The van der Waals surface area contributed by atoms with E-state index in [0.717, 1.165) is 64.8 Å². The molecule has 1 saturated heterocycles. The molecule has 250 valence electrons. The van der Waals surface area contributed by atoms with Gasteiger partial charge in [-0.1, -0.05) is 39.0 Å². The average molecular weight is 663 g/mol. The standard InChI is InChI=1S/C38H46N6O3Si/c1-38(2,3)48(4,5)47-33-23-25(10-15-29(33)37-45-21-22-46-37)18-20-40-24-26-8-13-28(14-9-26)44-35(30-7-6-19-41-34(30)39)43-32-17-16-31(27-11-12-27)42-36(32)44/h6-10,13-17,19,23,27,37,40H,11-12,18,20-22,24H2,1-5H3,(H2,39,41). The van der Waals surface area contributed by atoms with Crippen molar-refractivity contribution in [2.45, 2.75) is 76.9 Å². The predicted octanol–water partition coefficient (Wildman–Crippen LogP) is 7.70. The third-order valence-corrected chi connectivity index (χ3v) is 14.2. The summed E-state index contributed by atoms with van der Waals surface area (Å²) in [4.78, 5) is 14.4. The highest BCUT2D eigenvalue weighted by Crippen LogP contribution is 2.42. The topological polar surface area (TPSA) is 109 Å². The number of imidazole rings is 1. The zero-order chi connectivity index (χ0) is 33.5. The lowest BCUT2D eigenvalue weighted by Crippen LogP contribution is -2.44. The number of nitrogens with two attached hydrogens (primary N) is 1. The number of benzene rings is 2. The van der Waals surface area contributed by atoms with E-state index in [0.29, 0.717) is 24.9 Å². The Morgan fingerprint density at radius 2 is 1.71 bits per heavy atom. The van der Waals surface area contributed by atoms with Crippen molar-refractivity contribution in [3.63, 3.8) is 0 Å². The smallest absolute Gasteiger partial charge is 0.250 e. The van der Waals surface area contributed by atoms with E-state index >= 15 is 0 Å². The summed E-state index contributed by atoms with van der Waals surface area (Å²) in [7, 11) is -2.05. The number of hydrogen-bond acceptors (Lipinski definition) is 8. The van der Waals surface area contributed by atoms with Crippen LogP contribution in [-0.4, -0.2) is 47.6 Å². The van der Waals surface area contributed by atoms with Gasteiger partial charge in [-0.3, -0.25) is 4.57 Å². The van der Waals surface area contributed by atoms with Crippen LogP contribution in [0.25, 0.3) is 28.2 Å². The second-order valence-electron chi connectivity index (χ2n) is 14.5. The van der Waals surface area contributed by atoms with Crippen LogP contribution in [0.4, 0.5) is 5.82 Å². The first-order valence-electron chi connectivity index (χ1n) is 17.0. The monoisotopic (exact) mass is 662 g/mol. The van der Waals surface area contributed by atoms with Gasteiger partial charge in [0.2, 0.25) is 8.32 Å². The highest BCUT2D eigenvalue weighted by molar-refractivity contribution is 6.74. The maximum Gasteiger partial charge on any atom is 0.250 e. The van der Waals surface area contributed by atoms with E-state index in [-0.39, 0.29) is 11.3 Å². The molecule has 0 unspecified atom stereocenters. The van der Waals surface area contributed by atoms with Gasteiger partial charge in [0.25, 0.3) is 0 Å². The van der Waals surface area contributed by atoms with Crippen LogP contribution in [-0.2, 0) is 22.4 Å². The molecule has 48 heavy (non-hydrogen) atoms. The molecule has 2 fully saturated rings. The molecule has 2 aromatic carbocycles. The summed E-state index contributed by atoms with van der Waals surface area (Å²) in [5, 5.41) is 3.72. The van der Waals surface area contributed by atoms with E-state index < -0.39 is 8.32 Å². The second kappa shape index (κ2) is 13.1. The van der Waals surface area contributed by atoms with Crippen LogP contribution in [0, 0.1) is 0 Å². The van der Waals surface area contributed by atoms with Gasteiger partial charge in [0.15, 0.2) is 17.8 Å². The van der Waals surface area contributed by atoms with Gasteiger partial charge < -0.3 is 25.0 Å². The zero-order valence-electron chi connectivity index (χ0n) is 28.6. The van der Waals surface area contributed by atoms with Gasteiger partial charge >= 0.3 is 0 Å². The summed E-state index contributed by atoms with van der Waals surface area (Å²) >= 11 is 0. The molecule has 1 saturated carbocycles. The third kappa shape index (κ3) is 6.75. The van der Waals surface area contributed by atoms with Crippen LogP contribution in [0.3, 0.4) is 0 Å². The van der Waals surface area contributed by atoms with Crippen LogP contribution in [0.15, 0.2) is 72.9 Å². The summed E-state index contributed by atoms with van der Waals surface area (Å²) in [5.74, 6) is 2.63. The normalized spacial score (nSPS) is 15.8. The molecule has 0 bridgehead atoms. The molecule has 3 N–H and O–H groups in total. The van der Waals surface area contributed by atoms with E-state index in [1.807, 2.05) is 12.1 Å². The van der Waals surface area contributed by atoms with Crippen molar-refractivity contribution in [3.05, 3.63) is 95.3 Å². The number of anilines is 1. The quantitative estimate of drug-likeness (QED) is 0.109. The molecule has 0 atom stereocenters. The van der Waals surface area contributed by atoms with Gasteiger partial charge in [0, 0.05) is 35.6 Å². The van der Waals surface area contributed by atoms with Crippen molar-refractivity contribution in [2.75, 3.05) is 25.5 Å². The SMILES string of the molecule is CC(C)(C)[Si](C)(C)Oc1cc(CCNCc2ccc(-n3c(-c4cccnc4N)nc4ccc(C5CC5)nc43)cc2)ccc1C1OCCO1. The van der Waals surface area contributed by atoms with Gasteiger partial charge in [-0.15, -0.1) is 0 Å². The Morgan fingerprint density at radius 3 is 2.42 bits per heavy atom. The van der Waals surface area contributed by atoms with Crippen molar-refractivity contribution < 1.29 is 13.9 Å². The number of pyridine rings is 2. The third-order valence-electron chi connectivity index (χ3n) is 9.84. The van der Waals surface area contributed by atoms with Crippen LogP contribution in [0.5, 0.6) is 5.75 Å². The number of nitrogens with one attached hydrogen (secondary N) is 1. The van der Waals surface area contributed by atoms with Crippen molar-refractivity contribution in [1.82, 2.24) is 24.8 Å². The first-order valence-corrected chi connectivity index (χ1v) is 19.9.